The number of hydrogen-bond donors (Lipinski definition) is 1. The molecule has 1 nitrogen and oxygen atoms in total. The Morgan fingerprint density at radius 3 is 2.62 bits per heavy atom. The predicted molar refractivity (Wildman–Crippen MR) is 69.9 cm³/mol. The normalized spacial score (nSPS) is 18.9. The largest absolute Gasteiger partial charge is 0.307 e. The summed E-state index contributed by atoms with van der Waals surface area (Å²) in [6.45, 7) is 5.42. The minimum absolute atomic E-state index is 0.353. The fourth-order valence-electron chi connectivity index (χ4n) is 2.50. The van der Waals surface area contributed by atoms with E-state index < -0.39 is 0 Å². The number of hydrogen-bond acceptors (Lipinski definition) is 1. The quantitative estimate of drug-likeness (QED) is 0.836. The van der Waals surface area contributed by atoms with Gasteiger partial charge in [0.05, 0.1) is 0 Å². The van der Waals surface area contributed by atoms with Crippen LogP contribution in [0.5, 0.6) is 0 Å². The van der Waals surface area contributed by atoms with Crippen molar-refractivity contribution in [1.82, 2.24) is 5.32 Å². The standard InChI is InChI=1S/C14H20ClN/c1-11-9-13(15)6-5-12(11)10-16-14(2)7-3-4-8-14/h5-6,9,16H,3-4,7-8,10H2,1-2H3. The third-order valence-corrected chi connectivity index (χ3v) is 3.95. The van der Waals surface area contributed by atoms with Crippen LogP contribution in [-0.2, 0) is 6.54 Å². The van der Waals surface area contributed by atoms with Crippen molar-refractivity contribution in [3.8, 4) is 0 Å². The van der Waals surface area contributed by atoms with Gasteiger partial charge in [0.15, 0.2) is 0 Å². The monoisotopic (exact) mass is 237 g/mol. The second kappa shape index (κ2) is 4.77. The summed E-state index contributed by atoms with van der Waals surface area (Å²) in [6.07, 6.45) is 5.34. The first-order chi connectivity index (χ1) is 7.59. The molecule has 0 aliphatic heterocycles. The third-order valence-electron chi connectivity index (χ3n) is 3.72. The number of aryl methyl sites for hydroxylation is 1. The van der Waals surface area contributed by atoms with Gasteiger partial charge >= 0.3 is 0 Å². The highest BCUT2D eigenvalue weighted by Crippen LogP contribution is 2.29. The summed E-state index contributed by atoms with van der Waals surface area (Å²) in [4.78, 5) is 0. The topological polar surface area (TPSA) is 12.0 Å². The summed E-state index contributed by atoms with van der Waals surface area (Å²) in [5.74, 6) is 0. The van der Waals surface area contributed by atoms with Crippen LogP contribution in [-0.4, -0.2) is 5.54 Å². The van der Waals surface area contributed by atoms with Gasteiger partial charge in [-0.1, -0.05) is 30.5 Å². The van der Waals surface area contributed by atoms with Gasteiger partial charge in [-0.25, -0.2) is 0 Å². The molecule has 88 valence electrons. The first-order valence-corrected chi connectivity index (χ1v) is 6.47. The zero-order valence-electron chi connectivity index (χ0n) is 10.1. The Bertz CT molecular complexity index is 367. The van der Waals surface area contributed by atoms with Gasteiger partial charge < -0.3 is 5.32 Å². The van der Waals surface area contributed by atoms with Gasteiger partial charge in [-0.05, 0) is 49.9 Å². The maximum absolute atomic E-state index is 5.95. The van der Waals surface area contributed by atoms with Crippen LogP contribution in [0.2, 0.25) is 5.02 Å². The maximum Gasteiger partial charge on any atom is 0.0408 e. The van der Waals surface area contributed by atoms with Crippen molar-refractivity contribution in [3.63, 3.8) is 0 Å². The van der Waals surface area contributed by atoms with Crippen LogP contribution in [0.3, 0.4) is 0 Å². The summed E-state index contributed by atoms with van der Waals surface area (Å²) in [5, 5.41) is 4.52. The molecule has 0 radical (unpaired) electrons. The molecule has 0 bridgehead atoms. The van der Waals surface area contributed by atoms with Gasteiger partial charge in [-0.15, -0.1) is 0 Å². The molecule has 1 fully saturated rings. The van der Waals surface area contributed by atoms with E-state index in [4.69, 9.17) is 11.6 Å². The Balaban J connectivity index is 1.99. The van der Waals surface area contributed by atoms with E-state index in [2.05, 4.69) is 25.2 Å². The predicted octanol–water partition coefficient (Wildman–Crippen LogP) is 4.07. The van der Waals surface area contributed by atoms with Crippen LogP contribution in [0.4, 0.5) is 0 Å². The van der Waals surface area contributed by atoms with Crippen LogP contribution < -0.4 is 5.32 Å². The van der Waals surface area contributed by atoms with Crippen LogP contribution in [0.1, 0.15) is 43.7 Å². The van der Waals surface area contributed by atoms with Crippen molar-refractivity contribution in [2.45, 2.75) is 51.6 Å². The first kappa shape index (κ1) is 11.9. The summed E-state index contributed by atoms with van der Waals surface area (Å²) >= 11 is 5.95. The van der Waals surface area contributed by atoms with Crippen molar-refractivity contribution in [2.75, 3.05) is 0 Å². The average molecular weight is 238 g/mol. The molecule has 1 N–H and O–H groups in total. The summed E-state index contributed by atoms with van der Waals surface area (Å²) < 4.78 is 0. The van der Waals surface area contributed by atoms with Gasteiger partial charge in [0.25, 0.3) is 0 Å². The highest BCUT2D eigenvalue weighted by molar-refractivity contribution is 6.30. The molecule has 1 saturated carbocycles. The van der Waals surface area contributed by atoms with E-state index in [1.54, 1.807) is 0 Å². The Morgan fingerprint density at radius 1 is 1.31 bits per heavy atom. The van der Waals surface area contributed by atoms with E-state index in [-0.39, 0.29) is 0 Å². The molecule has 0 atom stereocenters. The molecule has 0 spiro atoms. The first-order valence-electron chi connectivity index (χ1n) is 6.09. The highest BCUT2D eigenvalue weighted by Gasteiger charge is 2.27. The highest BCUT2D eigenvalue weighted by atomic mass is 35.5. The van der Waals surface area contributed by atoms with Gasteiger partial charge in [0.2, 0.25) is 0 Å². The molecular formula is C14H20ClN. The van der Waals surface area contributed by atoms with Crippen molar-refractivity contribution in [3.05, 3.63) is 34.3 Å². The molecule has 0 amide bonds. The molecular weight excluding hydrogens is 218 g/mol. The Morgan fingerprint density at radius 2 is 2.00 bits per heavy atom. The Labute approximate surface area is 103 Å². The number of nitrogens with one attached hydrogen (secondary N) is 1. The summed E-state index contributed by atoms with van der Waals surface area (Å²) in [7, 11) is 0. The minimum atomic E-state index is 0.353. The molecule has 2 heteroatoms. The fourth-order valence-corrected chi connectivity index (χ4v) is 2.73. The van der Waals surface area contributed by atoms with Crippen molar-refractivity contribution < 1.29 is 0 Å². The summed E-state index contributed by atoms with van der Waals surface area (Å²) in [6, 6.07) is 6.14. The van der Waals surface area contributed by atoms with Crippen LogP contribution in [0.15, 0.2) is 18.2 Å². The van der Waals surface area contributed by atoms with Gasteiger partial charge in [0, 0.05) is 17.1 Å². The lowest BCUT2D eigenvalue weighted by Gasteiger charge is -2.26. The molecule has 2 rings (SSSR count). The second-order valence-electron chi connectivity index (χ2n) is 5.19. The lowest BCUT2D eigenvalue weighted by molar-refractivity contribution is 0.362. The third kappa shape index (κ3) is 2.78. The average Bonchev–Trinajstić information content (AvgIpc) is 2.64. The van der Waals surface area contributed by atoms with Crippen LogP contribution in [0.25, 0.3) is 0 Å². The molecule has 0 aromatic heterocycles. The molecule has 1 aromatic rings. The second-order valence-corrected chi connectivity index (χ2v) is 5.63. The van der Waals surface area contributed by atoms with Crippen molar-refractivity contribution in [1.29, 1.82) is 0 Å². The lowest BCUT2D eigenvalue weighted by atomic mass is 9.99. The zero-order valence-corrected chi connectivity index (χ0v) is 10.9. The molecule has 1 aliphatic carbocycles. The van der Waals surface area contributed by atoms with E-state index in [9.17, 15) is 0 Å². The van der Waals surface area contributed by atoms with Gasteiger partial charge in [-0.2, -0.15) is 0 Å². The van der Waals surface area contributed by atoms with Crippen LogP contribution in [0, 0.1) is 6.92 Å². The molecule has 0 heterocycles. The molecule has 0 unspecified atom stereocenters. The van der Waals surface area contributed by atoms with E-state index in [0.29, 0.717) is 5.54 Å². The van der Waals surface area contributed by atoms with Crippen molar-refractivity contribution in [2.24, 2.45) is 0 Å². The number of halogens is 1. The van der Waals surface area contributed by atoms with E-state index >= 15 is 0 Å². The lowest BCUT2D eigenvalue weighted by Crippen LogP contribution is -2.38. The molecule has 0 saturated heterocycles. The number of benzene rings is 1. The Hall–Kier alpha value is -0.530. The van der Waals surface area contributed by atoms with Gasteiger partial charge in [0.1, 0.15) is 0 Å². The van der Waals surface area contributed by atoms with Gasteiger partial charge in [-0.3, -0.25) is 0 Å². The van der Waals surface area contributed by atoms with E-state index in [0.717, 1.165) is 11.6 Å². The summed E-state index contributed by atoms with van der Waals surface area (Å²) in [5.41, 5.74) is 2.99. The Kier molecular flexibility index (Phi) is 3.56. The minimum Gasteiger partial charge on any atom is -0.307 e. The zero-order chi connectivity index (χ0) is 11.6. The molecule has 16 heavy (non-hydrogen) atoms. The molecule has 1 aromatic carbocycles. The molecule has 1 aliphatic rings. The van der Waals surface area contributed by atoms with Crippen molar-refractivity contribution >= 4 is 11.6 Å². The maximum atomic E-state index is 5.95. The van der Waals surface area contributed by atoms with E-state index in [1.807, 2.05) is 12.1 Å². The number of rotatable bonds is 3. The SMILES string of the molecule is Cc1cc(Cl)ccc1CNC1(C)CCCC1. The van der Waals surface area contributed by atoms with E-state index in [1.165, 1.54) is 36.8 Å². The van der Waals surface area contributed by atoms with Crippen LogP contribution >= 0.6 is 11.6 Å². The smallest absolute Gasteiger partial charge is 0.0408 e. The fraction of sp³-hybridized carbons (Fsp3) is 0.571.